The van der Waals surface area contributed by atoms with Gasteiger partial charge in [-0.1, -0.05) is 39.7 Å². The maximum absolute atomic E-state index is 9.76. The second kappa shape index (κ2) is 6.39. The molecule has 1 heterocycles. The zero-order valence-electron chi connectivity index (χ0n) is 11.5. The molecule has 0 bridgehead atoms. The first kappa shape index (κ1) is 14.9. The number of fused-ring (bicyclic) bond motifs is 1. The van der Waals surface area contributed by atoms with Gasteiger partial charge in [0.25, 0.3) is 0 Å². The summed E-state index contributed by atoms with van der Waals surface area (Å²) in [5.41, 5.74) is 3.36. The highest BCUT2D eigenvalue weighted by atomic mass is 79.9. The Morgan fingerprint density at radius 2 is 2.14 bits per heavy atom. The second-order valence-corrected chi connectivity index (χ2v) is 6.64. The zero-order chi connectivity index (χ0) is 14.8. The third-order valence-corrected chi connectivity index (χ3v) is 4.54. The van der Waals surface area contributed by atoms with Gasteiger partial charge in [0.2, 0.25) is 0 Å². The van der Waals surface area contributed by atoms with Crippen LogP contribution >= 0.6 is 27.5 Å². The number of benzene rings is 2. The molecular weight excluding hydrogens is 352 g/mol. The minimum atomic E-state index is 0.0364. The third-order valence-electron chi connectivity index (χ3n) is 3.83. The number of hydrogen-bond donors (Lipinski definition) is 1. The molecule has 21 heavy (non-hydrogen) atoms. The summed E-state index contributed by atoms with van der Waals surface area (Å²) >= 11 is 9.68. The fourth-order valence-corrected chi connectivity index (χ4v) is 3.49. The van der Waals surface area contributed by atoms with Crippen molar-refractivity contribution in [3.63, 3.8) is 0 Å². The van der Waals surface area contributed by atoms with E-state index in [2.05, 4.69) is 15.9 Å². The first-order valence-electron chi connectivity index (χ1n) is 6.98. The van der Waals surface area contributed by atoms with Crippen molar-refractivity contribution >= 4 is 27.5 Å². The van der Waals surface area contributed by atoms with E-state index < -0.39 is 0 Å². The van der Waals surface area contributed by atoms with E-state index in [1.165, 1.54) is 5.56 Å². The van der Waals surface area contributed by atoms with E-state index in [1.807, 2.05) is 36.4 Å². The number of aliphatic hydroxyl groups is 1. The molecule has 2 aromatic carbocycles. The van der Waals surface area contributed by atoms with Crippen LogP contribution in [0.15, 0.2) is 40.9 Å². The summed E-state index contributed by atoms with van der Waals surface area (Å²) in [6, 6.07) is 12.0. The molecule has 0 spiro atoms. The lowest BCUT2D eigenvalue weighted by molar-refractivity contribution is 0.263. The van der Waals surface area contributed by atoms with Gasteiger partial charge in [-0.05, 0) is 47.4 Å². The Hall–Kier alpha value is -1.03. The molecule has 0 saturated heterocycles. The summed E-state index contributed by atoms with van der Waals surface area (Å²) in [6.07, 6.45) is 1.62. The smallest absolute Gasteiger partial charge is 0.125 e. The van der Waals surface area contributed by atoms with Gasteiger partial charge in [0.15, 0.2) is 0 Å². The summed E-state index contributed by atoms with van der Waals surface area (Å²) in [7, 11) is 0. The van der Waals surface area contributed by atoms with Crippen molar-refractivity contribution in [2.24, 2.45) is 0 Å². The molecule has 110 valence electrons. The Bertz CT molecular complexity index is 657. The van der Waals surface area contributed by atoms with Crippen molar-refractivity contribution in [1.82, 2.24) is 0 Å². The average molecular weight is 368 g/mol. The molecular formula is C17H16BrClO2. The van der Waals surface area contributed by atoms with Gasteiger partial charge in [0.1, 0.15) is 5.75 Å². The molecule has 1 unspecified atom stereocenters. The molecule has 1 N–H and O–H groups in total. The van der Waals surface area contributed by atoms with Crippen LogP contribution in [0, 0.1) is 0 Å². The van der Waals surface area contributed by atoms with Crippen LogP contribution in [-0.2, 0) is 12.8 Å². The van der Waals surface area contributed by atoms with Crippen LogP contribution < -0.4 is 4.74 Å². The Morgan fingerprint density at radius 3 is 2.90 bits per heavy atom. The monoisotopic (exact) mass is 366 g/mol. The molecule has 0 radical (unpaired) electrons. The molecule has 4 heteroatoms. The van der Waals surface area contributed by atoms with Crippen LogP contribution in [0.5, 0.6) is 5.75 Å². The Balaban J connectivity index is 1.91. The highest BCUT2D eigenvalue weighted by molar-refractivity contribution is 9.10. The van der Waals surface area contributed by atoms with Crippen LogP contribution in [0.4, 0.5) is 0 Å². The molecule has 0 amide bonds. The predicted molar refractivity (Wildman–Crippen MR) is 88.3 cm³/mol. The molecule has 2 aromatic rings. The van der Waals surface area contributed by atoms with Crippen molar-refractivity contribution in [3.05, 3.63) is 62.6 Å². The molecule has 0 aromatic heterocycles. The predicted octanol–water partition coefficient (Wildman–Crippen LogP) is 4.36. The molecule has 0 saturated carbocycles. The van der Waals surface area contributed by atoms with E-state index in [4.69, 9.17) is 16.3 Å². The number of hydrogen-bond acceptors (Lipinski definition) is 2. The lowest BCUT2D eigenvalue weighted by atomic mass is 9.91. The van der Waals surface area contributed by atoms with Crippen LogP contribution in [0.1, 0.15) is 22.6 Å². The highest BCUT2D eigenvalue weighted by Gasteiger charge is 2.21. The van der Waals surface area contributed by atoms with Crippen LogP contribution in [0.3, 0.4) is 0 Å². The average Bonchev–Trinajstić information content (AvgIpc) is 2.92. The van der Waals surface area contributed by atoms with Crippen LogP contribution in [0.2, 0.25) is 5.02 Å². The summed E-state index contributed by atoms with van der Waals surface area (Å²) in [4.78, 5) is 0. The number of aliphatic hydroxyl groups excluding tert-OH is 1. The molecule has 1 aliphatic rings. The Labute approximate surface area is 137 Å². The molecule has 0 fully saturated rings. The van der Waals surface area contributed by atoms with E-state index in [0.29, 0.717) is 6.61 Å². The molecule has 3 rings (SSSR count). The lowest BCUT2D eigenvalue weighted by Crippen LogP contribution is -2.08. The fraction of sp³-hybridized carbons (Fsp3) is 0.294. The van der Waals surface area contributed by atoms with Crippen molar-refractivity contribution < 1.29 is 9.84 Å². The molecule has 1 atom stereocenters. The highest BCUT2D eigenvalue weighted by Crippen LogP contribution is 2.36. The maximum Gasteiger partial charge on any atom is 0.125 e. The number of rotatable bonds is 4. The fourth-order valence-electron chi connectivity index (χ4n) is 2.81. The molecule has 0 aliphatic carbocycles. The van der Waals surface area contributed by atoms with Gasteiger partial charge in [-0.15, -0.1) is 0 Å². The second-order valence-electron chi connectivity index (χ2n) is 5.29. The van der Waals surface area contributed by atoms with Gasteiger partial charge in [-0.25, -0.2) is 0 Å². The van der Waals surface area contributed by atoms with Gasteiger partial charge in [0.05, 0.1) is 13.2 Å². The maximum atomic E-state index is 9.76. The van der Waals surface area contributed by atoms with Crippen molar-refractivity contribution in [1.29, 1.82) is 0 Å². The zero-order valence-corrected chi connectivity index (χ0v) is 13.8. The van der Waals surface area contributed by atoms with Crippen molar-refractivity contribution in [2.45, 2.75) is 18.8 Å². The van der Waals surface area contributed by atoms with Gasteiger partial charge < -0.3 is 9.84 Å². The van der Waals surface area contributed by atoms with Crippen LogP contribution in [0.25, 0.3) is 0 Å². The van der Waals surface area contributed by atoms with Crippen molar-refractivity contribution in [3.8, 4) is 5.75 Å². The topological polar surface area (TPSA) is 29.5 Å². The number of ether oxygens (including phenoxy) is 1. The van der Waals surface area contributed by atoms with E-state index in [0.717, 1.165) is 39.2 Å². The van der Waals surface area contributed by atoms with E-state index in [-0.39, 0.29) is 12.5 Å². The SMILES string of the molecule is OCC(Cc1cc(Cl)cc2c1OCC2)c1cccc(Br)c1. The summed E-state index contributed by atoms with van der Waals surface area (Å²) in [5, 5.41) is 10.5. The van der Waals surface area contributed by atoms with E-state index >= 15 is 0 Å². The Morgan fingerprint density at radius 1 is 1.29 bits per heavy atom. The van der Waals surface area contributed by atoms with Crippen molar-refractivity contribution in [2.75, 3.05) is 13.2 Å². The van der Waals surface area contributed by atoms with E-state index in [9.17, 15) is 5.11 Å². The quantitative estimate of drug-likeness (QED) is 0.870. The Kier molecular flexibility index (Phi) is 4.53. The summed E-state index contributed by atoms with van der Waals surface area (Å²) < 4.78 is 6.76. The molecule has 2 nitrogen and oxygen atoms in total. The normalized spacial score (nSPS) is 14.6. The minimum absolute atomic E-state index is 0.0364. The lowest BCUT2D eigenvalue weighted by Gasteiger charge is -2.17. The minimum Gasteiger partial charge on any atom is -0.493 e. The first-order valence-corrected chi connectivity index (χ1v) is 8.15. The van der Waals surface area contributed by atoms with Gasteiger partial charge in [0, 0.05) is 21.8 Å². The van der Waals surface area contributed by atoms with Gasteiger partial charge in [-0.3, -0.25) is 0 Å². The van der Waals surface area contributed by atoms with Gasteiger partial charge in [-0.2, -0.15) is 0 Å². The van der Waals surface area contributed by atoms with Gasteiger partial charge >= 0.3 is 0 Å². The number of halogens is 2. The third kappa shape index (κ3) is 3.25. The largest absolute Gasteiger partial charge is 0.493 e. The van der Waals surface area contributed by atoms with Crippen LogP contribution in [-0.4, -0.2) is 18.3 Å². The van der Waals surface area contributed by atoms with E-state index in [1.54, 1.807) is 0 Å². The molecule has 1 aliphatic heterocycles. The first-order chi connectivity index (χ1) is 10.2. The summed E-state index contributed by atoms with van der Waals surface area (Å²) in [6.45, 7) is 0.807. The standard InChI is InChI=1S/C17H16BrClO2/c18-15-3-1-2-11(7-15)14(10-20)6-13-9-16(19)8-12-4-5-21-17(12)13/h1-3,7-9,14,20H,4-6,10H2. The summed E-state index contributed by atoms with van der Waals surface area (Å²) in [5.74, 6) is 0.988.